The molecule has 136 valence electrons. The van der Waals surface area contributed by atoms with Crippen LogP contribution >= 0.6 is 11.8 Å². The molecule has 1 aromatic carbocycles. The van der Waals surface area contributed by atoms with Crippen molar-refractivity contribution in [3.8, 4) is 0 Å². The number of likely N-dealkylation sites (tertiary alicyclic amines) is 2. The average Bonchev–Trinajstić information content (AvgIpc) is 2.96. The molecule has 0 N–H and O–H groups in total. The molecule has 1 aromatic rings. The maximum Gasteiger partial charge on any atom is 0.242 e. The Bertz CT molecular complexity index is 585. The van der Waals surface area contributed by atoms with Gasteiger partial charge in [0.05, 0.1) is 6.54 Å². The number of amides is 2. The highest BCUT2D eigenvalue weighted by molar-refractivity contribution is 7.98. The molecule has 0 radical (unpaired) electrons. The molecule has 2 amide bonds. The molecule has 2 heterocycles. The number of carbonyl (C=O) groups is 2. The summed E-state index contributed by atoms with van der Waals surface area (Å²) in [4.78, 5) is 28.6. The Balaban J connectivity index is 1.46. The third-order valence-corrected chi connectivity index (χ3v) is 6.16. The van der Waals surface area contributed by atoms with Crippen molar-refractivity contribution < 1.29 is 9.59 Å². The number of nitrogens with zero attached hydrogens (tertiary/aromatic N) is 2. The van der Waals surface area contributed by atoms with Crippen LogP contribution in [0.25, 0.3) is 0 Å². The van der Waals surface area contributed by atoms with E-state index in [9.17, 15) is 9.59 Å². The Morgan fingerprint density at radius 2 is 1.88 bits per heavy atom. The molecular formula is C20H28N2O2S. The normalized spacial score (nSPS) is 21.8. The van der Waals surface area contributed by atoms with Gasteiger partial charge in [-0.3, -0.25) is 9.59 Å². The minimum Gasteiger partial charge on any atom is -0.341 e. The fraction of sp³-hybridized carbons (Fsp3) is 0.600. The van der Waals surface area contributed by atoms with Crippen molar-refractivity contribution in [1.29, 1.82) is 0 Å². The van der Waals surface area contributed by atoms with E-state index in [1.165, 1.54) is 11.3 Å². The lowest BCUT2D eigenvalue weighted by Crippen LogP contribution is -2.44. The van der Waals surface area contributed by atoms with Crippen LogP contribution in [0.4, 0.5) is 0 Å². The number of thioether (sulfide) groups is 1. The largest absolute Gasteiger partial charge is 0.341 e. The molecule has 2 saturated heterocycles. The maximum absolute atomic E-state index is 12.6. The topological polar surface area (TPSA) is 40.6 Å². The van der Waals surface area contributed by atoms with Gasteiger partial charge in [-0.25, -0.2) is 0 Å². The molecular weight excluding hydrogens is 332 g/mol. The van der Waals surface area contributed by atoms with Crippen LogP contribution in [-0.4, -0.2) is 59.8 Å². The monoisotopic (exact) mass is 360 g/mol. The molecule has 0 aliphatic carbocycles. The highest BCUT2D eigenvalue weighted by atomic mass is 32.2. The van der Waals surface area contributed by atoms with E-state index in [-0.39, 0.29) is 18.4 Å². The summed E-state index contributed by atoms with van der Waals surface area (Å²) in [5.74, 6) is 2.51. The molecule has 1 atom stereocenters. The van der Waals surface area contributed by atoms with Gasteiger partial charge in [0.25, 0.3) is 0 Å². The zero-order valence-electron chi connectivity index (χ0n) is 15.0. The van der Waals surface area contributed by atoms with E-state index < -0.39 is 0 Å². The highest BCUT2D eigenvalue weighted by Crippen LogP contribution is 2.23. The molecule has 0 spiro atoms. The van der Waals surface area contributed by atoms with Gasteiger partial charge >= 0.3 is 0 Å². The molecule has 2 fully saturated rings. The van der Waals surface area contributed by atoms with E-state index in [4.69, 9.17) is 0 Å². The second kappa shape index (κ2) is 8.75. The first kappa shape index (κ1) is 18.3. The van der Waals surface area contributed by atoms with Crippen molar-refractivity contribution in [3.05, 3.63) is 35.9 Å². The maximum atomic E-state index is 12.6. The summed E-state index contributed by atoms with van der Waals surface area (Å²) in [6, 6.07) is 10.3. The second-order valence-corrected chi connectivity index (χ2v) is 8.22. The van der Waals surface area contributed by atoms with Gasteiger partial charge in [-0.2, -0.15) is 11.8 Å². The third kappa shape index (κ3) is 5.00. The number of rotatable bonds is 6. The van der Waals surface area contributed by atoms with Crippen LogP contribution in [0.1, 0.15) is 24.8 Å². The van der Waals surface area contributed by atoms with Crippen LogP contribution in [0.15, 0.2) is 30.3 Å². The van der Waals surface area contributed by atoms with Gasteiger partial charge in [-0.15, -0.1) is 0 Å². The van der Waals surface area contributed by atoms with Crippen LogP contribution in [0.5, 0.6) is 0 Å². The lowest BCUT2D eigenvalue weighted by Gasteiger charge is -2.32. The van der Waals surface area contributed by atoms with E-state index in [1.54, 1.807) is 4.90 Å². The van der Waals surface area contributed by atoms with E-state index in [2.05, 4.69) is 18.4 Å². The number of hydrogen-bond acceptors (Lipinski definition) is 3. The lowest BCUT2D eigenvalue weighted by molar-refractivity contribution is -0.139. The minimum atomic E-state index is 0.122. The fourth-order valence-corrected chi connectivity index (χ4v) is 4.74. The Morgan fingerprint density at radius 1 is 1.16 bits per heavy atom. The first-order chi connectivity index (χ1) is 12.2. The third-order valence-electron chi connectivity index (χ3n) is 5.36. The van der Waals surface area contributed by atoms with Crippen LogP contribution in [0.3, 0.4) is 0 Å². The SMILES string of the molecule is CSCC1CCN(C(=O)CN2CC(Cc3ccccc3)CC2=O)CC1. The summed E-state index contributed by atoms with van der Waals surface area (Å²) in [5.41, 5.74) is 1.27. The zero-order valence-corrected chi connectivity index (χ0v) is 15.8. The van der Waals surface area contributed by atoms with E-state index >= 15 is 0 Å². The molecule has 5 heteroatoms. The number of hydrogen-bond donors (Lipinski definition) is 0. The smallest absolute Gasteiger partial charge is 0.242 e. The van der Waals surface area contributed by atoms with Gasteiger partial charge in [0, 0.05) is 26.1 Å². The first-order valence-electron chi connectivity index (χ1n) is 9.24. The summed E-state index contributed by atoms with van der Waals surface area (Å²) in [6.45, 7) is 2.67. The van der Waals surface area contributed by atoms with E-state index in [1.807, 2.05) is 34.9 Å². The van der Waals surface area contributed by atoms with Gasteiger partial charge in [-0.1, -0.05) is 30.3 Å². The Hall–Kier alpha value is -1.49. The Labute approximate surface area is 154 Å². The van der Waals surface area contributed by atoms with E-state index in [0.29, 0.717) is 18.9 Å². The van der Waals surface area contributed by atoms with Gasteiger partial charge in [0.2, 0.25) is 11.8 Å². The van der Waals surface area contributed by atoms with Crippen molar-refractivity contribution in [3.63, 3.8) is 0 Å². The molecule has 3 rings (SSSR count). The molecule has 0 saturated carbocycles. The molecule has 2 aliphatic rings. The van der Waals surface area contributed by atoms with Crippen LogP contribution < -0.4 is 0 Å². The lowest BCUT2D eigenvalue weighted by atomic mass is 9.98. The summed E-state index contributed by atoms with van der Waals surface area (Å²) in [6.07, 6.45) is 5.81. The van der Waals surface area contributed by atoms with Crippen LogP contribution in [0, 0.1) is 11.8 Å². The Morgan fingerprint density at radius 3 is 2.56 bits per heavy atom. The fourth-order valence-electron chi connectivity index (χ4n) is 3.94. The number of piperidine rings is 1. The zero-order chi connectivity index (χ0) is 17.6. The van der Waals surface area contributed by atoms with Gasteiger partial charge in [0.15, 0.2) is 0 Å². The van der Waals surface area contributed by atoms with Crippen molar-refractivity contribution in [2.24, 2.45) is 11.8 Å². The quantitative estimate of drug-likeness (QED) is 0.783. The van der Waals surface area contributed by atoms with Crippen molar-refractivity contribution >= 4 is 23.6 Å². The van der Waals surface area contributed by atoms with Gasteiger partial charge in [0.1, 0.15) is 0 Å². The predicted octanol–water partition coefficient (Wildman–Crippen LogP) is 2.68. The summed E-state index contributed by atoms with van der Waals surface area (Å²) in [5, 5.41) is 0. The summed E-state index contributed by atoms with van der Waals surface area (Å²) >= 11 is 1.89. The van der Waals surface area contributed by atoms with Crippen LogP contribution in [-0.2, 0) is 16.0 Å². The van der Waals surface area contributed by atoms with Gasteiger partial charge < -0.3 is 9.80 Å². The standard InChI is InChI=1S/C20H28N2O2S/c1-25-15-17-7-9-21(10-8-17)20(24)14-22-13-18(12-19(22)23)11-16-5-3-2-4-6-16/h2-6,17-18H,7-15H2,1H3. The van der Waals surface area contributed by atoms with Crippen molar-refractivity contribution in [2.75, 3.05) is 38.2 Å². The molecule has 2 aliphatic heterocycles. The second-order valence-electron chi connectivity index (χ2n) is 7.31. The number of carbonyl (C=O) groups excluding carboxylic acids is 2. The van der Waals surface area contributed by atoms with Crippen molar-refractivity contribution in [2.45, 2.75) is 25.7 Å². The first-order valence-corrected chi connectivity index (χ1v) is 10.6. The van der Waals surface area contributed by atoms with Crippen molar-refractivity contribution in [1.82, 2.24) is 9.80 Å². The minimum absolute atomic E-state index is 0.122. The summed E-state index contributed by atoms with van der Waals surface area (Å²) in [7, 11) is 0. The molecule has 1 unspecified atom stereocenters. The molecule has 0 aromatic heterocycles. The molecule has 25 heavy (non-hydrogen) atoms. The Kier molecular flexibility index (Phi) is 6.40. The predicted molar refractivity (Wildman–Crippen MR) is 103 cm³/mol. The summed E-state index contributed by atoms with van der Waals surface area (Å²) < 4.78 is 0. The van der Waals surface area contributed by atoms with E-state index in [0.717, 1.165) is 38.3 Å². The molecule has 0 bridgehead atoms. The van der Waals surface area contributed by atoms with Gasteiger partial charge in [-0.05, 0) is 48.7 Å². The highest BCUT2D eigenvalue weighted by Gasteiger charge is 2.32. The van der Waals surface area contributed by atoms with Crippen LogP contribution in [0.2, 0.25) is 0 Å². The molecule has 4 nitrogen and oxygen atoms in total. The number of benzene rings is 1. The average molecular weight is 361 g/mol.